The van der Waals surface area contributed by atoms with Gasteiger partial charge < -0.3 is 10.3 Å². The predicted octanol–water partition coefficient (Wildman–Crippen LogP) is 4.45. The molecule has 0 aliphatic rings. The Morgan fingerprint density at radius 2 is 1.95 bits per heavy atom. The Bertz CT molecular complexity index is 601. The van der Waals surface area contributed by atoms with Gasteiger partial charge in [-0.05, 0) is 37.8 Å². The summed E-state index contributed by atoms with van der Waals surface area (Å²) in [6, 6.07) is 3.59. The largest absolute Gasteiger partial charge is 0.369 e. The van der Waals surface area contributed by atoms with E-state index in [-0.39, 0.29) is 11.9 Å². The molecule has 4 heteroatoms. The number of rotatable bonds is 5. The second-order valence-corrected chi connectivity index (χ2v) is 6.10. The number of aromatic nitrogens is 2. The lowest BCUT2D eigenvalue weighted by molar-refractivity contribution is 0.457. The van der Waals surface area contributed by atoms with E-state index in [1.807, 2.05) is 10.6 Å². The van der Waals surface area contributed by atoms with Gasteiger partial charge in [-0.15, -0.1) is 0 Å². The van der Waals surface area contributed by atoms with E-state index in [1.54, 1.807) is 6.92 Å². The molecule has 0 fully saturated rings. The molecule has 1 unspecified atom stereocenters. The second kappa shape index (κ2) is 5.81. The summed E-state index contributed by atoms with van der Waals surface area (Å²) in [5.74, 6) is 0.965. The standard InChI is InChI=1S/C16H24FN3/c1-10(2)6-5-7-12(4)20-15-8-11(3)13(17)9-14(15)19-16(20)18/h8-10,12H,5-7H2,1-4H3,(H2,18,19). The van der Waals surface area contributed by atoms with Crippen LogP contribution in [0.25, 0.3) is 11.0 Å². The van der Waals surface area contributed by atoms with Crippen LogP contribution in [0.4, 0.5) is 10.3 Å². The van der Waals surface area contributed by atoms with Gasteiger partial charge in [-0.1, -0.05) is 26.7 Å². The van der Waals surface area contributed by atoms with Crippen molar-refractivity contribution in [2.24, 2.45) is 5.92 Å². The van der Waals surface area contributed by atoms with Crippen molar-refractivity contribution in [1.29, 1.82) is 0 Å². The van der Waals surface area contributed by atoms with Crippen molar-refractivity contribution in [3.8, 4) is 0 Å². The van der Waals surface area contributed by atoms with E-state index in [0.29, 0.717) is 17.0 Å². The smallest absolute Gasteiger partial charge is 0.201 e. The number of aryl methyl sites for hydroxylation is 1. The Labute approximate surface area is 120 Å². The van der Waals surface area contributed by atoms with Crippen LogP contribution in [0.2, 0.25) is 0 Å². The zero-order valence-electron chi connectivity index (χ0n) is 12.8. The van der Waals surface area contributed by atoms with Gasteiger partial charge >= 0.3 is 0 Å². The van der Waals surface area contributed by atoms with Gasteiger partial charge in [0.05, 0.1) is 11.0 Å². The third-order valence-corrected chi connectivity index (χ3v) is 3.84. The normalized spacial score (nSPS) is 13.3. The summed E-state index contributed by atoms with van der Waals surface area (Å²) in [5, 5.41) is 0. The Morgan fingerprint density at radius 3 is 2.60 bits per heavy atom. The first-order valence-corrected chi connectivity index (χ1v) is 7.33. The summed E-state index contributed by atoms with van der Waals surface area (Å²) < 4.78 is 15.6. The molecule has 0 aliphatic heterocycles. The molecule has 2 aromatic rings. The molecule has 2 N–H and O–H groups in total. The molecule has 110 valence electrons. The molecule has 0 bridgehead atoms. The number of nitrogen functional groups attached to an aromatic ring is 1. The molecule has 3 nitrogen and oxygen atoms in total. The highest BCUT2D eigenvalue weighted by Crippen LogP contribution is 2.28. The minimum Gasteiger partial charge on any atom is -0.369 e. The predicted molar refractivity (Wildman–Crippen MR) is 82.2 cm³/mol. The van der Waals surface area contributed by atoms with E-state index in [0.717, 1.165) is 24.3 Å². The van der Waals surface area contributed by atoms with Crippen molar-refractivity contribution in [3.05, 3.63) is 23.5 Å². The van der Waals surface area contributed by atoms with Crippen molar-refractivity contribution >= 4 is 17.0 Å². The summed E-state index contributed by atoms with van der Waals surface area (Å²) in [5.41, 5.74) is 8.22. The SMILES string of the molecule is Cc1cc2c(cc1F)nc(N)n2C(C)CCCC(C)C. The fourth-order valence-electron chi connectivity index (χ4n) is 2.65. The summed E-state index contributed by atoms with van der Waals surface area (Å²) in [4.78, 5) is 4.28. The first-order valence-electron chi connectivity index (χ1n) is 7.33. The number of nitrogens with zero attached hydrogens (tertiary/aromatic N) is 2. The molecule has 0 spiro atoms. The van der Waals surface area contributed by atoms with Gasteiger partial charge in [0.15, 0.2) is 0 Å². The van der Waals surface area contributed by atoms with Crippen LogP contribution in [0.15, 0.2) is 12.1 Å². The van der Waals surface area contributed by atoms with Gasteiger partial charge in [0, 0.05) is 12.1 Å². The topological polar surface area (TPSA) is 43.8 Å². The van der Waals surface area contributed by atoms with E-state index < -0.39 is 0 Å². The highest BCUT2D eigenvalue weighted by molar-refractivity contribution is 5.79. The van der Waals surface area contributed by atoms with E-state index in [2.05, 4.69) is 25.8 Å². The molecule has 20 heavy (non-hydrogen) atoms. The Kier molecular flexibility index (Phi) is 4.31. The average Bonchev–Trinajstić information content (AvgIpc) is 2.64. The van der Waals surface area contributed by atoms with Crippen LogP contribution in [-0.2, 0) is 0 Å². The minimum absolute atomic E-state index is 0.227. The van der Waals surface area contributed by atoms with Crippen LogP contribution < -0.4 is 5.73 Å². The molecule has 0 radical (unpaired) electrons. The highest BCUT2D eigenvalue weighted by Gasteiger charge is 2.15. The van der Waals surface area contributed by atoms with Crippen LogP contribution in [-0.4, -0.2) is 9.55 Å². The molecule has 0 saturated carbocycles. The van der Waals surface area contributed by atoms with Gasteiger partial charge in [0.1, 0.15) is 5.82 Å². The number of halogens is 1. The number of imidazole rings is 1. The van der Waals surface area contributed by atoms with E-state index >= 15 is 0 Å². The zero-order chi connectivity index (χ0) is 14.9. The molecule has 0 aliphatic carbocycles. The van der Waals surface area contributed by atoms with E-state index in [1.165, 1.54) is 12.5 Å². The van der Waals surface area contributed by atoms with Crippen LogP contribution in [0.3, 0.4) is 0 Å². The molecule has 0 saturated heterocycles. The molecule has 0 amide bonds. The lowest BCUT2D eigenvalue weighted by atomic mass is 10.0. The third-order valence-electron chi connectivity index (χ3n) is 3.84. The first kappa shape index (κ1) is 14.8. The average molecular weight is 277 g/mol. The molecule has 1 aromatic heterocycles. The second-order valence-electron chi connectivity index (χ2n) is 6.10. The number of hydrogen-bond donors (Lipinski definition) is 1. The van der Waals surface area contributed by atoms with Gasteiger partial charge in [-0.2, -0.15) is 0 Å². The molecule has 2 rings (SSSR count). The van der Waals surface area contributed by atoms with Crippen molar-refractivity contribution in [3.63, 3.8) is 0 Å². The fraction of sp³-hybridized carbons (Fsp3) is 0.562. The van der Waals surface area contributed by atoms with Crippen molar-refractivity contribution < 1.29 is 4.39 Å². The number of fused-ring (bicyclic) bond motifs is 1. The van der Waals surface area contributed by atoms with Crippen molar-refractivity contribution in [2.45, 2.75) is 53.0 Å². The highest BCUT2D eigenvalue weighted by atomic mass is 19.1. The maximum Gasteiger partial charge on any atom is 0.201 e. The number of nitrogens with two attached hydrogens (primary N) is 1. The fourth-order valence-corrected chi connectivity index (χ4v) is 2.65. The van der Waals surface area contributed by atoms with Crippen LogP contribution in [0.1, 0.15) is 51.6 Å². The maximum absolute atomic E-state index is 13.6. The van der Waals surface area contributed by atoms with Crippen LogP contribution in [0.5, 0.6) is 0 Å². The van der Waals surface area contributed by atoms with Gasteiger partial charge in [0.2, 0.25) is 5.95 Å². The molecule has 1 atom stereocenters. The summed E-state index contributed by atoms with van der Waals surface area (Å²) >= 11 is 0. The van der Waals surface area contributed by atoms with E-state index in [4.69, 9.17) is 5.73 Å². The van der Waals surface area contributed by atoms with Crippen LogP contribution >= 0.6 is 0 Å². The number of anilines is 1. The van der Waals surface area contributed by atoms with E-state index in [9.17, 15) is 4.39 Å². The van der Waals surface area contributed by atoms with Crippen molar-refractivity contribution in [1.82, 2.24) is 9.55 Å². The Hall–Kier alpha value is -1.58. The van der Waals surface area contributed by atoms with Crippen molar-refractivity contribution in [2.75, 3.05) is 5.73 Å². The summed E-state index contributed by atoms with van der Waals surface area (Å²) in [6.45, 7) is 8.39. The zero-order valence-corrected chi connectivity index (χ0v) is 12.8. The maximum atomic E-state index is 13.6. The lowest BCUT2D eigenvalue weighted by Crippen LogP contribution is -2.09. The quantitative estimate of drug-likeness (QED) is 0.877. The lowest BCUT2D eigenvalue weighted by Gasteiger charge is -2.16. The Balaban J connectivity index is 2.28. The van der Waals surface area contributed by atoms with Gasteiger partial charge in [0.25, 0.3) is 0 Å². The Morgan fingerprint density at radius 1 is 1.25 bits per heavy atom. The minimum atomic E-state index is -0.227. The number of benzene rings is 1. The van der Waals surface area contributed by atoms with Gasteiger partial charge in [-0.3, -0.25) is 0 Å². The first-order chi connectivity index (χ1) is 9.40. The van der Waals surface area contributed by atoms with Gasteiger partial charge in [-0.25, -0.2) is 9.37 Å². The third kappa shape index (κ3) is 2.94. The summed E-state index contributed by atoms with van der Waals surface area (Å²) in [7, 11) is 0. The number of hydrogen-bond acceptors (Lipinski definition) is 2. The monoisotopic (exact) mass is 277 g/mol. The molecule has 1 aromatic carbocycles. The molecular weight excluding hydrogens is 253 g/mol. The van der Waals surface area contributed by atoms with Crippen LogP contribution in [0, 0.1) is 18.7 Å². The molecule has 1 heterocycles. The summed E-state index contributed by atoms with van der Waals surface area (Å²) in [6.07, 6.45) is 3.44. The molecular formula is C16H24FN3.